The summed E-state index contributed by atoms with van der Waals surface area (Å²) in [5, 5.41) is 10.4. The number of aliphatic imine (C=N–C) groups is 1. The summed E-state index contributed by atoms with van der Waals surface area (Å²) in [4.78, 5) is 18.2. The fourth-order valence-electron chi connectivity index (χ4n) is 2.28. The molecule has 8 nitrogen and oxygen atoms in total. The smallest absolute Gasteiger partial charge is 0.410 e. The number of hydrogen-bond donors (Lipinski definition) is 2. The Morgan fingerprint density at radius 2 is 2.04 bits per heavy atom. The molecular formula is C19H35N5O3. The molecule has 0 unspecified atom stereocenters. The highest BCUT2D eigenvalue weighted by atomic mass is 16.6. The predicted octanol–water partition coefficient (Wildman–Crippen LogP) is 3.11. The summed E-state index contributed by atoms with van der Waals surface area (Å²) in [6.07, 6.45) is 0.576. The first-order valence-electron chi connectivity index (χ1n) is 9.54. The number of ether oxygens (including phenoxy) is 1. The first-order valence-corrected chi connectivity index (χ1v) is 9.54. The van der Waals surface area contributed by atoms with Gasteiger partial charge in [-0.15, -0.1) is 0 Å². The summed E-state index contributed by atoms with van der Waals surface area (Å²) >= 11 is 0. The molecule has 27 heavy (non-hydrogen) atoms. The van der Waals surface area contributed by atoms with Gasteiger partial charge in [0.05, 0.1) is 12.2 Å². The van der Waals surface area contributed by atoms with E-state index in [1.54, 1.807) is 11.9 Å². The minimum atomic E-state index is -0.500. The number of hydrogen-bond acceptors (Lipinski definition) is 5. The number of amides is 1. The molecule has 0 aliphatic carbocycles. The lowest BCUT2D eigenvalue weighted by Crippen LogP contribution is -2.44. The summed E-state index contributed by atoms with van der Waals surface area (Å²) < 4.78 is 10.8. The fourth-order valence-corrected chi connectivity index (χ4v) is 2.28. The zero-order valence-corrected chi connectivity index (χ0v) is 17.8. The molecule has 0 fully saturated rings. The molecule has 0 radical (unpaired) electrons. The largest absolute Gasteiger partial charge is 0.444 e. The van der Waals surface area contributed by atoms with Crippen molar-refractivity contribution < 1.29 is 14.1 Å². The Morgan fingerprint density at radius 3 is 2.56 bits per heavy atom. The van der Waals surface area contributed by atoms with Gasteiger partial charge in [0.1, 0.15) is 5.60 Å². The molecule has 8 heteroatoms. The molecule has 1 aromatic heterocycles. The van der Waals surface area contributed by atoms with Crippen molar-refractivity contribution in [1.29, 1.82) is 0 Å². The van der Waals surface area contributed by atoms with Gasteiger partial charge in [0.2, 0.25) is 0 Å². The van der Waals surface area contributed by atoms with Gasteiger partial charge in [0, 0.05) is 32.7 Å². The topological polar surface area (TPSA) is 92.0 Å². The van der Waals surface area contributed by atoms with Crippen LogP contribution in [-0.4, -0.2) is 54.4 Å². The zero-order chi connectivity index (χ0) is 20.4. The molecule has 0 saturated heterocycles. The van der Waals surface area contributed by atoms with E-state index in [1.165, 1.54) is 0 Å². The fraction of sp³-hybridized carbons (Fsp3) is 0.737. The summed E-state index contributed by atoms with van der Waals surface area (Å²) in [6, 6.07) is 1.94. The maximum Gasteiger partial charge on any atom is 0.410 e. The summed E-state index contributed by atoms with van der Waals surface area (Å²) in [7, 11) is 1.70. The molecule has 1 aromatic rings. The van der Waals surface area contributed by atoms with Crippen LogP contribution in [0, 0.1) is 0 Å². The van der Waals surface area contributed by atoms with Gasteiger partial charge in [-0.1, -0.05) is 25.9 Å². The van der Waals surface area contributed by atoms with Crippen molar-refractivity contribution in [2.24, 2.45) is 4.99 Å². The lowest BCUT2D eigenvalue weighted by molar-refractivity contribution is 0.0253. The lowest BCUT2D eigenvalue weighted by atomic mass is 10.1. The molecule has 0 bridgehead atoms. The molecule has 0 spiro atoms. The molecular weight excluding hydrogens is 346 g/mol. The second-order valence-electron chi connectivity index (χ2n) is 7.69. The van der Waals surface area contributed by atoms with Crippen LogP contribution >= 0.6 is 0 Å². The van der Waals surface area contributed by atoms with E-state index < -0.39 is 5.60 Å². The van der Waals surface area contributed by atoms with Gasteiger partial charge in [-0.3, -0.25) is 4.99 Å². The number of rotatable bonds is 8. The maximum atomic E-state index is 12.3. The molecule has 2 N–H and O–H groups in total. The van der Waals surface area contributed by atoms with Gasteiger partial charge in [-0.25, -0.2) is 4.79 Å². The molecule has 0 aliphatic rings. The minimum Gasteiger partial charge on any atom is -0.444 e. The maximum absolute atomic E-state index is 12.3. The van der Waals surface area contributed by atoms with Crippen molar-refractivity contribution in [1.82, 2.24) is 20.7 Å². The highest BCUT2D eigenvalue weighted by Crippen LogP contribution is 2.13. The van der Waals surface area contributed by atoms with Crippen molar-refractivity contribution in [2.75, 3.05) is 26.7 Å². The summed E-state index contributed by atoms with van der Waals surface area (Å²) in [5.41, 5.74) is 0.433. The number of nitrogens with zero attached hydrogens (tertiary/aromatic N) is 3. The van der Waals surface area contributed by atoms with Crippen LogP contribution in [0.15, 0.2) is 15.6 Å². The normalized spacial score (nSPS) is 12.2. The van der Waals surface area contributed by atoms with E-state index in [2.05, 4.69) is 34.6 Å². The Kier molecular flexibility index (Phi) is 9.11. The third kappa shape index (κ3) is 8.79. The average molecular weight is 382 g/mol. The van der Waals surface area contributed by atoms with Crippen molar-refractivity contribution in [3.63, 3.8) is 0 Å². The van der Waals surface area contributed by atoms with Crippen molar-refractivity contribution >= 4 is 12.1 Å². The predicted molar refractivity (Wildman–Crippen MR) is 107 cm³/mol. The molecule has 0 saturated carbocycles. The van der Waals surface area contributed by atoms with Gasteiger partial charge in [-0.05, 0) is 33.1 Å². The minimum absolute atomic E-state index is 0.294. The van der Waals surface area contributed by atoms with Gasteiger partial charge < -0.3 is 24.8 Å². The van der Waals surface area contributed by atoms with Crippen LogP contribution in [0.25, 0.3) is 0 Å². The number of nitrogens with one attached hydrogen (secondary N) is 2. The van der Waals surface area contributed by atoms with E-state index in [0.29, 0.717) is 38.1 Å². The van der Waals surface area contributed by atoms with Crippen molar-refractivity contribution in [2.45, 2.75) is 66.0 Å². The van der Waals surface area contributed by atoms with Crippen LogP contribution in [0.4, 0.5) is 4.79 Å². The SMILES string of the molecule is CCCN(CCNC(=NC)NCc1cc(C(C)C)no1)C(=O)OC(C)(C)C. The summed E-state index contributed by atoms with van der Waals surface area (Å²) in [6.45, 7) is 14.0. The van der Waals surface area contributed by atoms with E-state index in [1.807, 2.05) is 33.8 Å². The van der Waals surface area contributed by atoms with E-state index in [0.717, 1.165) is 17.9 Å². The quantitative estimate of drug-likeness (QED) is 0.531. The second-order valence-corrected chi connectivity index (χ2v) is 7.69. The lowest BCUT2D eigenvalue weighted by Gasteiger charge is -2.27. The second kappa shape index (κ2) is 10.8. The zero-order valence-electron chi connectivity index (χ0n) is 17.8. The standard InChI is InChI=1S/C19H35N5O3/c1-8-10-24(18(25)26-19(4,5)6)11-9-21-17(20-7)22-13-15-12-16(14(2)3)23-27-15/h12,14H,8-11,13H2,1-7H3,(H2,20,21,22). The highest BCUT2D eigenvalue weighted by Gasteiger charge is 2.21. The molecule has 154 valence electrons. The number of aromatic nitrogens is 1. The Labute approximate surface area is 162 Å². The monoisotopic (exact) mass is 381 g/mol. The van der Waals surface area contributed by atoms with E-state index in [4.69, 9.17) is 9.26 Å². The first kappa shape index (κ1) is 22.8. The van der Waals surface area contributed by atoms with Crippen LogP contribution in [0.3, 0.4) is 0 Å². The van der Waals surface area contributed by atoms with Gasteiger partial charge in [0.15, 0.2) is 11.7 Å². The molecule has 1 heterocycles. The molecule has 1 amide bonds. The molecule has 1 rings (SSSR count). The Hall–Kier alpha value is -2.25. The Bertz CT molecular complexity index is 605. The van der Waals surface area contributed by atoms with Gasteiger partial charge in [0.25, 0.3) is 0 Å². The highest BCUT2D eigenvalue weighted by molar-refractivity contribution is 5.79. The summed E-state index contributed by atoms with van der Waals surface area (Å²) in [5.74, 6) is 1.72. The number of guanidine groups is 1. The molecule has 0 aromatic carbocycles. The van der Waals surface area contributed by atoms with Crippen LogP contribution in [-0.2, 0) is 11.3 Å². The number of carbonyl (C=O) groups is 1. The van der Waals surface area contributed by atoms with Crippen LogP contribution in [0.2, 0.25) is 0 Å². The Morgan fingerprint density at radius 1 is 1.33 bits per heavy atom. The third-order valence-corrected chi connectivity index (χ3v) is 3.64. The van der Waals surface area contributed by atoms with Crippen molar-refractivity contribution in [3.8, 4) is 0 Å². The molecule has 0 aliphatic heterocycles. The Balaban J connectivity index is 2.46. The van der Waals surface area contributed by atoms with Crippen LogP contribution < -0.4 is 10.6 Å². The average Bonchev–Trinajstić information content (AvgIpc) is 3.04. The first-order chi connectivity index (χ1) is 12.7. The molecule has 0 atom stereocenters. The van der Waals surface area contributed by atoms with E-state index >= 15 is 0 Å². The van der Waals surface area contributed by atoms with Gasteiger partial charge >= 0.3 is 6.09 Å². The van der Waals surface area contributed by atoms with Crippen LogP contribution in [0.5, 0.6) is 0 Å². The van der Waals surface area contributed by atoms with Crippen molar-refractivity contribution in [3.05, 3.63) is 17.5 Å². The van der Waals surface area contributed by atoms with Gasteiger partial charge in [-0.2, -0.15) is 0 Å². The third-order valence-electron chi connectivity index (χ3n) is 3.64. The number of carbonyl (C=O) groups excluding carboxylic acids is 1. The van der Waals surface area contributed by atoms with E-state index in [9.17, 15) is 4.79 Å². The van der Waals surface area contributed by atoms with E-state index in [-0.39, 0.29) is 6.09 Å². The van der Waals surface area contributed by atoms with Crippen LogP contribution in [0.1, 0.15) is 65.3 Å².